The highest BCUT2D eigenvalue weighted by atomic mass is 16.5. The molecule has 112 valence electrons. The lowest BCUT2D eigenvalue weighted by atomic mass is 10.1. The van der Waals surface area contributed by atoms with Crippen LogP contribution in [0.5, 0.6) is 5.88 Å². The van der Waals surface area contributed by atoms with E-state index < -0.39 is 0 Å². The van der Waals surface area contributed by atoms with Gasteiger partial charge in [0.25, 0.3) is 0 Å². The maximum atomic E-state index is 5.63. The highest BCUT2D eigenvalue weighted by Crippen LogP contribution is 2.26. The number of rotatable bonds is 4. The van der Waals surface area contributed by atoms with Crippen molar-refractivity contribution in [2.75, 3.05) is 13.2 Å². The van der Waals surface area contributed by atoms with Crippen LogP contribution < -0.4 is 4.74 Å². The van der Waals surface area contributed by atoms with Crippen LogP contribution in [0.4, 0.5) is 0 Å². The molecule has 0 fully saturated rings. The molecule has 0 bridgehead atoms. The van der Waals surface area contributed by atoms with Crippen LogP contribution in [0.15, 0.2) is 10.9 Å². The van der Waals surface area contributed by atoms with Gasteiger partial charge in [-0.3, -0.25) is 4.90 Å². The number of fused-ring (bicyclic) bond motifs is 1. The van der Waals surface area contributed by atoms with Crippen LogP contribution in [0.2, 0.25) is 0 Å². The molecule has 0 atom stereocenters. The fourth-order valence-corrected chi connectivity index (χ4v) is 2.72. The summed E-state index contributed by atoms with van der Waals surface area (Å²) in [6.45, 7) is 9.14. The van der Waals surface area contributed by atoms with E-state index in [2.05, 4.69) is 20.0 Å². The number of ether oxygens (including phenoxy) is 1. The zero-order chi connectivity index (χ0) is 14.8. The first-order valence-corrected chi connectivity index (χ1v) is 7.28. The maximum Gasteiger partial charge on any atom is 0.221 e. The van der Waals surface area contributed by atoms with Gasteiger partial charge in [0.1, 0.15) is 12.1 Å². The lowest BCUT2D eigenvalue weighted by molar-refractivity contribution is 0.230. The lowest BCUT2D eigenvalue weighted by Crippen LogP contribution is -2.31. The molecule has 3 heterocycles. The summed E-state index contributed by atoms with van der Waals surface area (Å²) < 4.78 is 10.9. The van der Waals surface area contributed by atoms with Crippen molar-refractivity contribution < 1.29 is 9.26 Å². The van der Waals surface area contributed by atoms with Gasteiger partial charge in [-0.2, -0.15) is 0 Å². The molecule has 6 heteroatoms. The second-order valence-corrected chi connectivity index (χ2v) is 5.30. The van der Waals surface area contributed by atoms with Crippen molar-refractivity contribution in [3.05, 3.63) is 34.6 Å². The summed E-state index contributed by atoms with van der Waals surface area (Å²) in [6.07, 6.45) is 2.51. The Bertz CT molecular complexity index is 619. The Labute approximate surface area is 124 Å². The third-order valence-electron chi connectivity index (χ3n) is 3.89. The highest BCUT2D eigenvalue weighted by Gasteiger charge is 2.23. The molecule has 0 aliphatic carbocycles. The Morgan fingerprint density at radius 2 is 2.19 bits per heavy atom. The zero-order valence-electron chi connectivity index (χ0n) is 12.7. The molecule has 2 aromatic heterocycles. The van der Waals surface area contributed by atoms with Crippen molar-refractivity contribution in [1.82, 2.24) is 20.0 Å². The molecule has 0 amide bonds. The van der Waals surface area contributed by atoms with E-state index in [0.29, 0.717) is 12.5 Å². The van der Waals surface area contributed by atoms with Crippen molar-refractivity contribution in [3.63, 3.8) is 0 Å². The maximum absolute atomic E-state index is 5.63. The summed E-state index contributed by atoms with van der Waals surface area (Å²) in [7, 11) is 0. The third-order valence-corrected chi connectivity index (χ3v) is 3.89. The minimum Gasteiger partial charge on any atom is -0.478 e. The van der Waals surface area contributed by atoms with E-state index in [9.17, 15) is 0 Å². The number of hydrogen-bond acceptors (Lipinski definition) is 6. The van der Waals surface area contributed by atoms with Gasteiger partial charge < -0.3 is 9.26 Å². The molecule has 0 saturated carbocycles. The molecule has 0 saturated heterocycles. The predicted molar refractivity (Wildman–Crippen MR) is 77.0 cm³/mol. The molecule has 0 radical (unpaired) electrons. The average Bonchev–Trinajstić information content (AvgIpc) is 2.80. The van der Waals surface area contributed by atoms with Gasteiger partial charge >= 0.3 is 0 Å². The van der Waals surface area contributed by atoms with Crippen molar-refractivity contribution in [1.29, 1.82) is 0 Å². The molecule has 1 aliphatic heterocycles. The Balaban J connectivity index is 1.81. The van der Waals surface area contributed by atoms with E-state index in [1.165, 1.54) is 5.56 Å². The van der Waals surface area contributed by atoms with Crippen LogP contribution in [-0.2, 0) is 19.5 Å². The molecular weight excluding hydrogens is 268 g/mol. The van der Waals surface area contributed by atoms with Gasteiger partial charge in [0.15, 0.2) is 0 Å². The van der Waals surface area contributed by atoms with E-state index in [1.54, 1.807) is 6.33 Å². The molecule has 0 unspecified atom stereocenters. The monoisotopic (exact) mass is 288 g/mol. The molecule has 0 spiro atoms. The largest absolute Gasteiger partial charge is 0.478 e. The second-order valence-electron chi connectivity index (χ2n) is 5.30. The van der Waals surface area contributed by atoms with E-state index >= 15 is 0 Å². The molecule has 6 nitrogen and oxygen atoms in total. The van der Waals surface area contributed by atoms with Gasteiger partial charge in [-0.05, 0) is 20.8 Å². The van der Waals surface area contributed by atoms with Crippen LogP contribution in [0.1, 0.15) is 35.2 Å². The fourth-order valence-electron chi connectivity index (χ4n) is 2.72. The van der Waals surface area contributed by atoms with E-state index in [4.69, 9.17) is 9.26 Å². The minimum absolute atomic E-state index is 0.618. The molecule has 3 rings (SSSR count). The van der Waals surface area contributed by atoms with E-state index in [0.717, 1.165) is 48.8 Å². The molecule has 21 heavy (non-hydrogen) atoms. The Hall–Kier alpha value is -1.95. The summed E-state index contributed by atoms with van der Waals surface area (Å²) in [5.74, 6) is 1.61. The number of hydrogen-bond donors (Lipinski definition) is 0. The Morgan fingerprint density at radius 3 is 2.90 bits per heavy atom. The van der Waals surface area contributed by atoms with Crippen LogP contribution >= 0.6 is 0 Å². The van der Waals surface area contributed by atoms with Crippen LogP contribution in [-0.4, -0.2) is 33.2 Å². The van der Waals surface area contributed by atoms with Crippen LogP contribution in [0.25, 0.3) is 0 Å². The van der Waals surface area contributed by atoms with Crippen molar-refractivity contribution in [3.8, 4) is 5.88 Å². The quantitative estimate of drug-likeness (QED) is 0.858. The first-order chi connectivity index (χ1) is 10.2. The Kier molecular flexibility index (Phi) is 3.88. The van der Waals surface area contributed by atoms with Crippen molar-refractivity contribution >= 4 is 0 Å². The topological polar surface area (TPSA) is 64.3 Å². The van der Waals surface area contributed by atoms with E-state index in [-0.39, 0.29) is 0 Å². The lowest BCUT2D eigenvalue weighted by Gasteiger charge is -2.28. The summed E-state index contributed by atoms with van der Waals surface area (Å²) in [5.41, 5.74) is 4.35. The van der Waals surface area contributed by atoms with Crippen molar-refractivity contribution in [2.24, 2.45) is 0 Å². The van der Waals surface area contributed by atoms with Gasteiger partial charge in [0.05, 0.1) is 18.0 Å². The first-order valence-electron chi connectivity index (χ1n) is 7.28. The van der Waals surface area contributed by atoms with Crippen molar-refractivity contribution in [2.45, 2.75) is 40.3 Å². The highest BCUT2D eigenvalue weighted by molar-refractivity contribution is 5.32. The summed E-state index contributed by atoms with van der Waals surface area (Å²) in [4.78, 5) is 11.0. The predicted octanol–water partition coefficient (Wildman–Crippen LogP) is 2.04. The van der Waals surface area contributed by atoms with Gasteiger partial charge in [-0.1, -0.05) is 5.16 Å². The smallest absolute Gasteiger partial charge is 0.221 e. The summed E-state index contributed by atoms with van der Waals surface area (Å²) >= 11 is 0. The van der Waals surface area contributed by atoms with E-state index in [1.807, 2.05) is 20.8 Å². The molecule has 0 N–H and O–H groups in total. The molecular formula is C15H20N4O2. The van der Waals surface area contributed by atoms with Gasteiger partial charge in [-0.25, -0.2) is 9.97 Å². The van der Waals surface area contributed by atoms with Crippen LogP contribution in [0, 0.1) is 13.8 Å². The zero-order valence-corrected chi connectivity index (χ0v) is 12.7. The molecule has 1 aliphatic rings. The van der Waals surface area contributed by atoms with Gasteiger partial charge in [0.2, 0.25) is 5.88 Å². The normalized spacial score (nSPS) is 15.0. The van der Waals surface area contributed by atoms with Gasteiger partial charge in [0, 0.05) is 37.2 Å². The average molecular weight is 288 g/mol. The number of aromatic nitrogens is 3. The first kappa shape index (κ1) is 14.0. The molecule has 2 aromatic rings. The number of nitrogens with zero attached hydrogens (tertiary/aromatic N) is 4. The molecule has 0 aromatic carbocycles. The Morgan fingerprint density at radius 1 is 1.33 bits per heavy atom. The SMILES string of the molecule is CCOc1ncnc2c1CN(Cc1c(C)noc1C)CC2. The second kappa shape index (κ2) is 5.81. The third kappa shape index (κ3) is 2.76. The number of aryl methyl sites for hydroxylation is 2. The fraction of sp³-hybridized carbons (Fsp3) is 0.533. The minimum atomic E-state index is 0.618. The standard InChI is InChI=1S/C15H20N4O2/c1-4-20-15-13-8-19(6-5-14(13)16-9-17-15)7-12-10(2)18-21-11(12)3/h9H,4-8H2,1-3H3. The summed E-state index contributed by atoms with van der Waals surface area (Å²) in [5, 5.41) is 4.02. The summed E-state index contributed by atoms with van der Waals surface area (Å²) in [6, 6.07) is 0. The van der Waals surface area contributed by atoms with Gasteiger partial charge in [-0.15, -0.1) is 0 Å². The van der Waals surface area contributed by atoms with Crippen LogP contribution in [0.3, 0.4) is 0 Å².